The Morgan fingerprint density at radius 2 is 2.32 bits per heavy atom. The minimum Gasteiger partial charge on any atom is -0.497 e. The minimum atomic E-state index is -0.270. The minimum absolute atomic E-state index is 0.270. The molecule has 0 saturated carbocycles. The Balaban J connectivity index is 1.89. The van der Waals surface area contributed by atoms with Gasteiger partial charge >= 0.3 is 6.03 Å². The van der Waals surface area contributed by atoms with Crippen molar-refractivity contribution in [1.29, 1.82) is 0 Å². The molecular weight excluding hydrogens is 244 g/mol. The molecule has 0 unspecified atom stereocenters. The molecule has 6 nitrogen and oxygen atoms in total. The van der Waals surface area contributed by atoms with Crippen LogP contribution in [0.5, 0.6) is 5.75 Å². The number of ether oxygens (including phenoxy) is 1. The van der Waals surface area contributed by atoms with Gasteiger partial charge in [0.2, 0.25) is 0 Å². The highest BCUT2D eigenvalue weighted by Crippen LogP contribution is 2.16. The first-order valence-corrected chi connectivity index (χ1v) is 5.87. The molecule has 0 aliphatic heterocycles. The highest BCUT2D eigenvalue weighted by molar-refractivity contribution is 5.89. The van der Waals surface area contributed by atoms with Crippen LogP contribution < -0.4 is 15.4 Å². The lowest BCUT2D eigenvalue weighted by Gasteiger charge is -2.08. The molecule has 0 radical (unpaired) electrons. The Hall–Kier alpha value is -2.50. The summed E-state index contributed by atoms with van der Waals surface area (Å²) < 4.78 is 5.09. The van der Waals surface area contributed by atoms with Crippen molar-refractivity contribution in [3.8, 4) is 5.75 Å². The van der Waals surface area contributed by atoms with Crippen LogP contribution in [0.25, 0.3) is 0 Å². The average molecular weight is 260 g/mol. The Morgan fingerprint density at radius 1 is 1.47 bits per heavy atom. The topological polar surface area (TPSA) is 79.0 Å². The van der Waals surface area contributed by atoms with Gasteiger partial charge in [0.1, 0.15) is 5.75 Å². The molecule has 100 valence electrons. The van der Waals surface area contributed by atoms with Gasteiger partial charge in [-0.2, -0.15) is 5.10 Å². The van der Waals surface area contributed by atoms with Crippen molar-refractivity contribution in [2.45, 2.75) is 13.5 Å². The van der Waals surface area contributed by atoms with Crippen LogP contribution in [0, 0.1) is 6.92 Å². The average Bonchev–Trinajstić information content (AvgIpc) is 2.82. The lowest BCUT2D eigenvalue weighted by molar-refractivity contribution is 0.251. The number of benzene rings is 1. The van der Waals surface area contributed by atoms with Gasteiger partial charge in [0, 0.05) is 29.6 Å². The van der Waals surface area contributed by atoms with E-state index in [-0.39, 0.29) is 6.03 Å². The normalized spacial score (nSPS) is 10.0. The van der Waals surface area contributed by atoms with Gasteiger partial charge in [-0.05, 0) is 19.1 Å². The number of amides is 2. The molecule has 0 aliphatic rings. The molecule has 0 spiro atoms. The Labute approximate surface area is 111 Å². The summed E-state index contributed by atoms with van der Waals surface area (Å²) in [7, 11) is 1.58. The van der Waals surface area contributed by atoms with Crippen LogP contribution in [0.2, 0.25) is 0 Å². The van der Waals surface area contributed by atoms with E-state index in [2.05, 4.69) is 20.8 Å². The van der Waals surface area contributed by atoms with Gasteiger partial charge in [0.25, 0.3) is 0 Å². The summed E-state index contributed by atoms with van der Waals surface area (Å²) in [5.41, 5.74) is 2.59. The number of rotatable bonds is 4. The van der Waals surface area contributed by atoms with Gasteiger partial charge in [-0.15, -0.1) is 0 Å². The summed E-state index contributed by atoms with van der Waals surface area (Å²) in [4.78, 5) is 11.7. The van der Waals surface area contributed by atoms with Gasteiger partial charge in [-0.25, -0.2) is 4.79 Å². The van der Waals surface area contributed by atoms with Crippen molar-refractivity contribution >= 4 is 11.7 Å². The maximum Gasteiger partial charge on any atom is 0.319 e. The van der Waals surface area contributed by atoms with Gasteiger partial charge in [-0.1, -0.05) is 6.07 Å². The van der Waals surface area contributed by atoms with Crippen LogP contribution in [-0.2, 0) is 6.54 Å². The third-order valence-corrected chi connectivity index (χ3v) is 2.70. The van der Waals surface area contributed by atoms with Crippen molar-refractivity contribution in [3.05, 3.63) is 41.7 Å². The molecule has 1 aromatic carbocycles. The zero-order valence-electron chi connectivity index (χ0n) is 10.9. The second kappa shape index (κ2) is 5.90. The van der Waals surface area contributed by atoms with E-state index in [1.165, 1.54) is 0 Å². The molecule has 0 fully saturated rings. The molecule has 0 atom stereocenters. The number of nitrogens with one attached hydrogen (secondary N) is 3. The first-order chi connectivity index (χ1) is 9.19. The Kier molecular flexibility index (Phi) is 4.02. The van der Waals surface area contributed by atoms with Crippen molar-refractivity contribution in [2.24, 2.45) is 0 Å². The molecule has 3 N–H and O–H groups in total. The monoisotopic (exact) mass is 260 g/mol. The van der Waals surface area contributed by atoms with E-state index < -0.39 is 0 Å². The number of urea groups is 1. The summed E-state index contributed by atoms with van der Waals surface area (Å²) in [5.74, 6) is 0.698. The van der Waals surface area contributed by atoms with Crippen LogP contribution in [0.3, 0.4) is 0 Å². The first-order valence-electron chi connectivity index (χ1n) is 5.87. The predicted octanol–water partition coefficient (Wildman–Crippen LogP) is 2.05. The van der Waals surface area contributed by atoms with Crippen molar-refractivity contribution in [3.63, 3.8) is 0 Å². The standard InChI is InChI=1S/C13H16N4O2/c1-9-10(8-15-17-9)7-14-13(18)16-11-4-3-5-12(6-11)19-2/h3-6,8H,7H2,1-2H3,(H,15,17)(H2,14,16,18). The number of aromatic nitrogens is 2. The first kappa shape index (κ1) is 12.9. The van der Waals surface area contributed by atoms with Gasteiger partial charge < -0.3 is 15.4 Å². The quantitative estimate of drug-likeness (QED) is 0.787. The summed E-state index contributed by atoms with van der Waals surface area (Å²) in [6.45, 7) is 2.34. The largest absolute Gasteiger partial charge is 0.497 e. The van der Waals surface area contributed by atoms with E-state index in [4.69, 9.17) is 4.74 Å². The van der Waals surface area contributed by atoms with E-state index in [0.29, 0.717) is 18.0 Å². The third-order valence-electron chi connectivity index (χ3n) is 2.70. The summed E-state index contributed by atoms with van der Waals surface area (Å²) >= 11 is 0. The Morgan fingerprint density at radius 3 is 3.00 bits per heavy atom. The number of aromatic amines is 1. The number of methoxy groups -OCH3 is 1. The summed E-state index contributed by atoms with van der Waals surface area (Å²) in [6, 6.07) is 6.91. The Bertz CT molecular complexity index is 565. The molecule has 0 bridgehead atoms. The van der Waals surface area contributed by atoms with Crippen LogP contribution in [0.4, 0.5) is 10.5 Å². The lowest BCUT2D eigenvalue weighted by atomic mass is 10.2. The fraction of sp³-hybridized carbons (Fsp3) is 0.231. The van der Waals surface area contributed by atoms with Crippen LogP contribution in [0.15, 0.2) is 30.5 Å². The summed E-state index contributed by atoms with van der Waals surface area (Å²) in [6.07, 6.45) is 1.70. The molecule has 2 rings (SSSR count). The number of carbonyl (C=O) groups excluding carboxylic acids is 1. The second-order valence-electron chi connectivity index (χ2n) is 4.06. The molecule has 19 heavy (non-hydrogen) atoms. The number of nitrogens with zero attached hydrogens (tertiary/aromatic N) is 1. The van der Waals surface area contributed by atoms with Crippen molar-refractivity contribution < 1.29 is 9.53 Å². The maximum atomic E-state index is 11.7. The van der Waals surface area contributed by atoms with E-state index in [9.17, 15) is 4.79 Å². The zero-order valence-corrected chi connectivity index (χ0v) is 10.9. The molecule has 0 aliphatic carbocycles. The zero-order chi connectivity index (χ0) is 13.7. The van der Waals surface area contributed by atoms with E-state index in [1.54, 1.807) is 25.4 Å². The maximum absolute atomic E-state index is 11.7. The molecule has 1 heterocycles. The number of anilines is 1. The number of hydrogen-bond acceptors (Lipinski definition) is 3. The van der Waals surface area contributed by atoms with Gasteiger partial charge in [0.05, 0.1) is 13.3 Å². The number of H-pyrrole nitrogens is 1. The van der Waals surface area contributed by atoms with Gasteiger partial charge in [0.15, 0.2) is 0 Å². The predicted molar refractivity (Wildman–Crippen MR) is 72.2 cm³/mol. The van der Waals surface area contributed by atoms with Gasteiger partial charge in [-0.3, -0.25) is 5.10 Å². The molecule has 0 saturated heterocycles. The van der Waals surface area contributed by atoms with E-state index in [0.717, 1.165) is 11.3 Å². The SMILES string of the molecule is COc1cccc(NC(=O)NCc2cn[nH]c2C)c1. The highest BCUT2D eigenvalue weighted by atomic mass is 16.5. The van der Waals surface area contributed by atoms with Crippen molar-refractivity contribution in [1.82, 2.24) is 15.5 Å². The molecular formula is C13H16N4O2. The van der Waals surface area contributed by atoms with Crippen LogP contribution >= 0.6 is 0 Å². The highest BCUT2D eigenvalue weighted by Gasteiger charge is 2.05. The summed E-state index contributed by atoms with van der Waals surface area (Å²) in [5, 5.41) is 12.2. The fourth-order valence-corrected chi connectivity index (χ4v) is 1.61. The third kappa shape index (κ3) is 3.48. The smallest absolute Gasteiger partial charge is 0.319 e. The number of hydrogen-bond donors (Lipinski definition) is 3. The number of carbonyl (C=O) groups is 1. The fourth-order valence-electron chi connectivity index (χ4n) is 1.61. The second-order valence-corrected chi connectivity index (χ2v) is 4.06. The van der Waals surface area contributed by atoms with Crippen LogP contribution in [0.1, 0.15) is 11.3 Å². The molecule has 2 amide bonds. The van der Waals surface area contributed by atoms with E-state index in [1.807, 2.05) is 19.1 Å². The van der Waals surface area contributed by atoms with Crippen LogP contribution in [-0.4, -0.2) is 23.3 Å². The molecule has 6 heteroatoms. The number of aryl methyl sites for hydroxylation is 1. The molecule has 2 aromatic rings. The van der Waals surface area contributed by atoms with E-state index >= 15 is 0 Å². The van der Waals surface area contributed by atoms with Crippen molar-refractivity contribution in [2.75, 3.05) is 12.4 Å². The lowest BCUT2D eigenvalue weighted by Crippen LogP contribution is -2.28. The molecule has 1 aromatic heterocycles.